The van der Waals surface area contributed by atoms with Crippen LogP contribution in [-0.4, -0.2) is 41.4 Å². The van der Waals surface area contributed by atoms with Gasteiger partial charge in [-0.2, -0.15) is 0 Å². The maximum absolute atomic E-state index is 12.2. The smallest absolute Gasteiger partial charge is 0.225 e. The van der Waals surface area contributed by atoms with E-state index in [0.29, 0.717) is 17.9 Å². The predicted molar refractivity (Wildman–Crippen MR) is 101 cm³/mol. The second kappa shape index (κ2) is 6.64. The van der Waals surface area contributed by atoms with Gasteiger partial charge in [-0.05, 0) is 16.7 Å². The Hall–Kier alpha value is -2.13. The molecule has 1 amide bonds. The molecule has 2 heterocycles. The van der Waals surface area contributed by atoms with Gasteiger partial charge in [-0.15, -0.1) is 0 Å². The van der Waals surface area contributed by atoms with E-state index in [2.05, 4.69) is 58.3 Å². The van der Waals surface area contributed by atoms with E-state index in [1.807, 2.05) is 19.9 Å². The molecule has 2 atom stereocenters. The Balaban J connectivity index is 1.37. The Morgan fingerprint density at radius 2 is 1.64 bits per heavy atom. The monoisotopic (exact) mass is 334 g/mol. The average Bonchev–Trinajstić information content (AvgIpc) is 2.97. The molecule has 3 heteroatoms. The van der Waals surface area contributed by atoms with Crippen LogP contribution in [0.3, 0.4) is 0 Å². The van der Waals surface area contributed by atoms with Crippen molar-refractivity contribution < 1.29 is 4.79 Å². The molecule has 0 radical (unpaired) electrons. The standard InChI is InChI=1S/C22H26N2O/c1-16(2)22(25)24-14-20-13-23(21(20)15-24)12-17-8-10-19(11-9-17)18-6-4-3-5-7-18/h3-11,16,20-21H,12-15H2,1-2H3. The van der Waals surface area contributed by atoms with Crippen molar-refractivity contribution in [2.24, 2.45) is 11.8 Å². The first kappa shape index (κ1) is 16.3. The summed E-state index contributed by atoms with van der Waals surface area (Å²) in [6, 6.07) is 20.0. The predicted octanol–water partition coefficient (Wildman–Crippen LogP) is 3.65. The summed E-state index contributed by atoms with van der Waals surface area (Å²) >= 11 is 0. The molecular weight excluding hydrogens is 308 g/mol. The topological polar surface area (TPSA) is 23.6 Å². The number of hydrogen-bond donors (Lipinski definition) is 0. The number of benzene rings is 2. The van der Waals surface area contributed by atoms with Gasteiger partial charge in [0.15, 0.2) is 0 Å². The SMILES string of the molecule is CC(C)C(=O)N1CC2CN(Cc3ccc(-c4ccccc4)cc3)C2C1. The normalized spacial score (nSPS) is 22.8. The molecule has 2 aliphatic heterocycles. The summed E-state index contributed by atoms with van der Waals surface area (Å²) in [6.07, 6.45) is 0. The summed E-state index contributed by atoms with van der Waals surface area (Å²) in [5.74, 6) is 1.09. The Labute approximate surface area is 150 Å². The van der Waals surface area contributed by atoms with Crippen LogP contribution in [0.1, 0.15) is 19.4 Å². The van der Waals surface area contributed by atoms with Crippen molar-refractivity contribution in [1.29, 1.82) is 0 Å². The molecule has 2 fully saturated rings. The second-order valence-electron chi connectivity index (χ2n) is 7.72. The quantitative estimate of drug-likeness (QED) is 0.852. The number of rotatable bonds is 4. The first-order valence-corrected chi connectivity index (χ1v) is 9.29. The van der Waals surface area contributed by atoms with Crippen LogP contribution in [0.5, 0.6) is 0 Å². The van der Waals surface area contributed by atoms with Crippen molar-refractivity contribution in [3.05, 3.63) is 60.2 Å². The molecule has 2 saturated heterocycles. The number of nitrogens with zero attached hydrogens (tertiary/aromatic N) is 2. The van der Waals surface area contributed by atoms with Gasteiger partial charge in [0.05, 0.1) is 0 Å². The third-order valence-electron chi connectivity index (χ3n) is 5.60. The van der Waals surface area contributed by atoms with Gasteiger partial charge in [0, 0.05) is 44.1 Å². The van der Waals surface area contributed by atoms with E-state index in [0.717, 1.165) is 26.2 Å². The number of carbonyl (C=O) groups is 1. The molecule has 25 heavy (non-hydrogen) atoms. The van der Waals surface area contributed by atoms with Crippen LogP contribution in [0.2, 0.25) is 0 Å². The molecule has 0 spiro atoms. The third kappa shape index (κ3) is 3.21. The highest BCUT2D eigenvalue weighted by Gasteiger charge is 2.46. The Kier molecular flexibility index (Phi) is 4.34. The number of fused-ring (bicyclic) bond motifs is 1. The zero-order valence-electron chi connectivity index (χ0n) is 15.1. The van der Waals surface area contributed by atoms with Gasteiger partial charge in [-0.3, -0.25) is 9.69 Å². The molecular formula is C22H26N2O. The zero-order valence-corrected chi connectivity index (χ0v) is 15.1. The van der Waals surface area contributed by atoms with Gasteiger partial charge in [0.25, 0.3) is 0 Å². The van der Waals surface area contributed by atoms with Gasteiger partial charge in [-0.25, -0.2) is 0 Å². The summed E-state index contributed by atoms with van der Waals surface area (Å²) in [4.78, 5) is 16.8. The third-order valence-corrected chi connectivity index (χ3v) is 5.60. The fourth-order valence-corrected chi connectivity index (χ4v) is 4.14. The van der Waals surface area contributed by atoms with E-state index >= 15 is 0 Å². The lowest BCUT2D eigenvalue weighted by atomic mass is 9.91. The van der Waals surface area contributed by atoms with Crippen LogP contribution >= 0.6 is 0 Å². The highest BCUT2D eigenvalue weighted by Crippen LogP contribution is 2.34. The van der Waals surface area contributed by atoms with Crippen LogP contribution in [0.25, 0.3) is 11.1 Å². The molecule has 2 aliphatic rings. The highest BCUT2D eigenvalue weighted by molar-refractivity contribution is 5.78. The Morgan fingerprint density at radius 3 is 2.32 bits per heavy atom. The van der Waals surface area contributed by atoms with Gasteiger partial charge in [0.1, 0.15) is 0 Å². The van der Waals surface area contributed by atoms with Crippen molar-refractivity contribution >= 4 is 5.91 Å². The average molecular weight is 334 g/mol. The molecule has 3 nitrogen and oxygen atoms in total. The molecule has 0 saturated carbocycles. The first-order valence-electron chi connectivity index (χ1n) is 9.29. The largest absolute Gasteiger partial charge is 0.341 e. The number of likely N-dealkylation sites (tertiary alicyclic amines) is 2. The molecule has 2 unspecified atom stereocenters. The number of amides is 1. The molecule has 2 aromatic carbocycles. The lowest BCUT2D eigenvalue weighted by Gasteiger charge is -2.43. The summed E-state index contributed by atoms with van der Waals surface area (Å²) in [5.41, 5.74) is 3.88. The lowest BCUT2D eigenvalue weighted by molar-refractivity contribution is -0.133. The molecule has 0 aliphatic carbocycles. The van der Waals surface area contributed by atoms with Gasteiger partial charge < -0.3 is 4.90 Å². The Bertz CT molecular complexity index is 738. The van der Waals surface area contributed by atoms with E-state index in [-0.39, 0.29) is 5.92 Å². The molecule has 0 aromatic heterocycles. The fourth-order valence-electron chi connectivity index (χ4n) is 4.14. The summed E-state index contributed by atoms with van der Waals surface area (Å²) < 4.78 is 0. The van der Waals surface area contributed by atoms with Crippen LogP contribution in [0, 0.1) is 11.8 Å². The first-order chi connectivity index (χ1) is 12.1. The number of hydrogen-bond acceptors (Lipinski definition) is 2. The minimum Gasteiger partial charge on any atom is -0.341 e. The molecule has 130 valence electrons. The number of carbonyl (C=O) groups excluding carboxylic acids is 1. The minimum absolute atomic E-state index is 0.108. The molecule has 0 N–H and O–H groups in total. The van der Waals surface area contributed by atoms with E-state index in [1.165, 1.54) is 16.7 Å². The van der Waals surface area contributed by atoms with Crippen molar-refractivity contribution in [2.75, 3.05) is 19.6 Å². The molecule has 4 rings (SSSR count). The van der Waals surface area contributed by atoms with Crippen molar-refractivity contribution in [3.63, 3.8) is 0 Å². The van der Waals surface area contributed by atoms with Crippen LogP contribution in [0.4, 0.5) is 0 Å². The van der Waals surface area contributed by atoms with Crippen molar-refractivity contribution in [1.82, 2.24) is 9.80 Å². The summed E-state index contributed by atoms with van der Waals surface area (Å²) in [6.45, 7) is 7.95. The second-order valence-corrected chi connectivity index (χ2v) is 7.72. The van der Waals surface area contributed by atoms with Gasteiger partial charge >= 0.3 is 0 Å². The van der Waals surface area contributed by atoms with Crippen molar-refractivity contribution in [2.45, 2.75) is 26.4 Å². The van der Waals surface area contributed by atoms with Crippen LogP contribution < -0.4 is 0 Å². The van der Waals surface area contributed by atoms with Crippen LogP contribution in [0.15, 0.2) is 54.6 Å². The summed E-state index contributed by atoms with van der Waals surface area (Å²) in [5, 5.41) is 0. The lowest BCUT2D eigenvalue weighted by Crippen LogP contribution is -2.54. The zero-order chi connectivity index (χ0) is 17.4. The maximum atomic E-state index is 12.2. The van der Waals surface area contributed by atoms with E-state index in [1.54, 1.807) is 0 Å². The fraction of sp³-hybridized carbons (Fsp3) is 0.409. The highest BCUT2D eigenvalue weighted by atomic mass is 16.2. The van der Waals surface area contributed by atoms with Crippen LogP contribution in [-0.2, 0) is 11.3 Å². The van der Waals surface area contributed by atoms with E-state index in [9.17, 15) is 4.79 Å². The van der Waals surface area contributed by atoms with E-state index in [4.69, 9.17) is 0 Å². The maximum Gasteiger partial charge on any atom is 0.225 e. The van der Waals surface area contributed by atoms with Gasteiger partial charge in [-0.1, -0.05) is 68.4 Å². The molecule has 0 bridgehead atoms. The summed E-state index contributed by atoms with van der Waals surface area (Å²) in [7, 11) is 0. The van der Waals surface area contributed by atoms with E-state index < -0.39 is 0 Å². The van der Waals surface area contributed by atoms with Gasteiger partial charge in [0.2, 0.25) is 5.91 Å². The molecule has 2 aromatic rings. The van der Waals surface area contributed by atoms with Crippen molar-refractivity contribution in [3.8, 4) is 11.1 Å². The minimum atomic E-state index is 0.108. The Morgan fingerprint density at radius 1 is 0.960 bits per heavy atom.